The van der Waals surface area contributed by atoms with Crippen LogP contribution in [0.5, 0.6) is 0 Å². The number of nitrogens with zero attached hydrogens (tertiary/aromatic N) is 2. The topological polar surface area (TPSA) is 51.8 Å². The number of allylic oxidation sites excluding steroid dienone is 4. The Morgan fingerprint density at radius 1 is 1.20 bits per heavy atom. The van der Waals surface area contributed by atoms with Crippen molar-refractivity contribution in [1.82, 2.24) is 9.97 Å². The van der Waals surface area contributed by atoms with Crippen LogP contribution in [-0.2, 0) is 0 Å². The molecule has 1 aliphatic carbocycles. The van der Waals surface area contributed by atoms with E-state index in [4.69, 9.17) is 5.73 Å². The molecule has 1 heterocycles. The molecule has 3 nitrogen and oxygen atoms in total. The van der Waals surface area contributed by atoms with Gasteiger partial charge >= 0.3 is 0 Å². The second kappa shape index (κ2) is 5.96. The number of hydrogen-bond donors (Lipinski definition) is 1. The van der Waals surface area contributed by atoms with Gasteiger partial charge in [0, 0.05) is 23.7 Å². The van der Waals surface area contributed by atoms with Crippen LogP contribution in [0.15, 0.2) is 36.3 Å². The zero-order valence-corrected chi connectivity index (χ0v) is 9.27. The molecule has 0 radical (unpaired) electrons. The van der Waals surface area contributed by atoms with E-state index < -0.39 is 0 Å². The lowest BCUT2D eigenvalue weighted by molar-refractivity contribution is 0.942. The highest BCUT2D eigenvalue weighted by Crippen LogP contribution is 2.19. The van der Waals surface area contributed by atoms with Crippen molar-refractivity contribution in [2.75, 3.05) is 0 Å². The highest BCUT2D eigenvalue weighted by atomic mass is 14.9. The van der Waals surface area contributed by atoms with Crippen molar-refractivity contribution >= 4 is 5.57 Å². The Bertz CT molecular complexity index is 352. The van der Waals surface area contributed by atoms with Gasteiger partial charge in [-0.25, -0.2) is 9.97 Å². The lowest BCUT2D eigenvalue weighted by Gasteiger charge is -2.08. The van der Waals surface area contributed by atoms with Gasteiger partial charge in [-0.3, -0.25) is 0 Å². The summed E-state index contributed by atoms with van der Waals surface area (Å²) in [7, 11) is 0. The fraction of sp³-hybridized carbons (Fsp3) is 0.333. The van der Waals surface area contributed by atoms with Crippen LogP contribution in [0.3, 0.4) is 0 Å². The third-order valence-corrected chi connectivity index (χ3v) is 1.96. The predicted octanol–water partition coefficient (Wildman–Crippen LogP) is 2.52. The van der Waals surface area contributed by atoms with Crippen LogP contribution in [0.2, 0.25) is 0 Å². The SMILES string of the molecule is CC.NC1=CC(c2ncccn2)=CCC1. The van der Waals surface area contributed by atoms with Gasteiger partial charge in [0.25, 0.3) is 0 Å². The summed E-state index contributed by atoms with van der Waals surface area (Å²) < 4.78 is 0. The smallest absolute Gasteiger partial charge is 0.158 e. The van der Waals surface area contributed by atoms with Gasteiger partial charge in [0.05, 0.1) is 0 Å². The molecule has 1 aliphatic rings. The Morgan fingerprint density at radius 3 is 2.47 bits per heavy atom. The third kappa shape index (κ3) is 3.20. The Hall–Kier alpha value is -1.64. The molecule has 15 heavy (non-hydrogen) atoms. The molecule has 1 aromatic heterocycles. The number of rotatable bonds is 1. The van der Waals surface area contributed by atoms with Crippen molar-refractivity contribution in [3.8, 4) is 0 Å². The van der Waals surface area contributed by atoms with Crippen LogP contribution in [0.4, 0.5) is 0 Å². The monoisotopic (exact) mass is 203 g/mol. The van der Waals surface area contributed by atoms with E-state index in [0.717, 1.165) is 29.9 Å². The number of nitrogens with two attached hydrogens (primary N) is 1. The highest BCUT2D eigenvalue weighted by Gasteiger charge is 2.05. The summed E-state index contributed by atoms with van der Waals surface area (Å²) in [5, 5.41) is 0. The van der Waals surface area contributed by atoms with Crippen molar-refractivity contribution in [3.63, 3.8) is 0 Å². The first-order valence-electron chi connectivity index (χ1n) is 5.30. The second-order valence-electron chi connectivity index (χ2n) is 2.99. The fourth-order valence-corrected chi connectivity index (χ4v) is 1.33. The number of hydrogen-bond acceptors (Lipinski definition) is 3. The molecule has 0 unspecified atom stereocenters. The molecule has 2 N–H and O–H groups in total. The molecular weight excluding hydrogens is 186 g/mol. The van der Waals surface area contributed by atoms with Crippen LogP contribution in [0.25, 0.3) is 5.57 Å². The largest absolute Gasteiger partial charge is 0.402 e. The lowest BCUT2D eigenvalue weighted by atomic mass is 10.0. The third-order valence-electron chi connectivity index (χ3n) is 1.96. The van der Waals surface area contributed by atoms with E-state index in [2.05, 4.69) is 16.0 Å². The highest BCUT2D eigenvalue weighted by molar-refractivity contribution is 5.70. The second-order valence-corrected chi connectivity index (χ2v) is 2.99. The van der Waals surface area contributed by atoms with Gasteiger partial charge in [0.1, 0.15) is 0 Å². The average molecular weight is 203 g/mol. The predicted molar refractivity (Wildman–Crippen MR) is 62.9 cm³/mol. The molecular formula is C12H17N3. The minimum atomic E-state index is 0.755. The standard InChI is InChI=1S/C10H11N3.C2H6/c11-9-4-1-3-8(7-9)10-12-5-2-6-13-10;1-2/h2-3,5-7H,1,4,11H2;1-2H3. The van der Waals surface area contributed by atoms with Gasteiger partial charge in [0.15, 0.2) is 5.82 Å². The van der Waals surface area contributed by atoms with E-state index in [1.54, 1.807) is 18.5 Å². The first kappa shape index (κ1) is 11.4. The number of aromatic nitrogens is 2. The van der Waals surface area contributed by atoms with Crippen molar-refractivity contribution in [3.05, 3.63) is 42.1 Å². The molecule has 0 bridgehead atoms. The van der Waals surface area contributed by atoms with Crippen molar-refractivity contribution in [1.29, 1.82) is 0 Å². The van der Waals surface area contributed by atoms with Gasteiger partial charge in [-0.15, -0.1) is 0 Å². The van der Waals surface area contributed by atoms with Gasteiger partial charge in [-0.2, -0.15) is 0 Å². The maximum Gasteiger partial charge on any atom is 0.158 e. The van der Waals surface area contributed by atoms with Crippen LogP contribution in [0, 0.1) is 0 Å². The Morgan fingerprint density at radius 2 is 1.87 bits per heavy atom. The summed E-state index contributed by atoms with van der Waals surface area (Å²) >= 11 is 0. The summed E-state index contributed by atoms with van der Waals surface area (Å²) in [6, 6.07) is 1.81. The quantitative estimate of drug-likeness (QED) is 0.763. The normalized spacial score (nSPS) is 14.5. The summed E-state index contributed by atoms with van der Waals surface area (Å²) in [5.74, 6) is 0.755. The molecule has 0 saturated heterocycles. The van der Waals surface area contributed by atoms with Crippen LogP contribution in [0.1, 0.15) is 32.5 Å². The van der Waals surface area contributed by atoms with Crippen molar-refractivity contribution in [2.45, 2.75) is 26.7 Å². The molecule has 1 aromatic rings. The molecule has 0 fully saturated rings. The molecule has 0 aliphatic heterocycles. The van der Waals surface area contributed by atoms with E-state index in [9.17, 15) is 0 Å². The van der Waals surface area contributed by atoms with Crippen LogP contribution in [-0.4, -0.2) is 9.97 Å². The van der Waals surface area contributed by atoms with Crippen molar-refractivity contribution < 1.29 is 0 Å². The van der Waals surface area contributed by atoms with Gasteiger partial charge in [-0.05, 0) is 25.0 Å². The van der Waals surface area contributed by atoms with E-state index >= 15 is 0 Å². The summed E-state index contributed by atoms with van der Waals surface area (Å²) in [5.41, 5.74) is 7.67. The molecule has 80 valence electrons. The first-order valence-corrected chi connectivity index (χ1v) is 5.30. The zero-order valence-electron chi connectivity index (χ0n) is 9.27. The summed E-state index contributed by atoms with van der Waals surface area (Å²) in [4.78, 5) is 8.31. The molecule has 3 heteroatoms. The molecule has 0 saturated carbocycles. The minimum absolute atomic E-state index is 0.755. The minimum Gasteiger partial charge on any atom is -0.402 e. The van der Waals surface area contributed by atoms with Gasteiger partial charge < -0.3 is 5.73 Å². The first-order chi connectivity index (χ1) is 7.36. The maximum absolute atomic E-state index is 5.73. The van der Waals surface area contributed by atoms with E-state index in [1.807, 2.05) is 19.9 Å². The Balaban J connectivity index is 0.000000531. The molecule has 2 rings (SSSR count). The Kier molecular flexibility index (Phi) is 4.54. The van der Waals surface area contributed by atoms with E-state index in [-0.39, 0.29) is 0 Å². The van der Waals surface area contributed by atoms with Gasteiger partial charge in [-0.1, -0.05) is 19.9 Å². The summed E-state index contributed by atoms with van der Waals surface area (Å²) in [6.07, 6.45) is 9.46. The fourth-order valence-electron chi connectivity index (χ4n) is 1.33. The van der Waals surface area contributed by atoms with E-state index in [1.165, 1.54) is 0 Å². The molecule has 0 atom stereocenters. The van der Waals surface area contributed by atoms with E-state index in [0.29, 0.717) is 0 Å². The van der Waals surface area contributed by atoms with Crippen molar-refractivity contribution in [2.24, 2.45) is 5.73 Å². The lowest BCUT2D eigenvalue weighted by Crippen LogP contribution is -2.02. The summed E-state index contributed by atoms with van der Waals surface area (Å²) in [6.45, 7) is 4.00. The van der Waals surface area contributed by atoms with Crippen LogP contribution < -0.4 is 5.73 Å². The average Bonchev–Trinajstić information content (AvgIpc) is 2.33. The molecule has 0 aromatic carbocycles. The van der Waals surface area contributed by atoms with Crippen LogP contribution >= 0.6 is 0 Å². The maximum atomic E-state index is 5.73. The zero-order chi connectivity index (χ0) is 11.1. The van der Waals surface area contributed by atoms with Gasteiger partial charge in [0.2, 0.25) is 0 Å². The Labute approximate surface area is 90.8 Å². The molecule has 0 spiro atoms. The molecule has 0 amide bonds.